The Bertz CT molecular complexity index is 890. The van der Waals surface area contributed by atoms with E-state index in [4.69, 9.17) is 4.74 Å². The summed E-state index contributed by atoms with van der Waals surface area (Å²) in [5, 5.41) is 2.35. The first kappa shape index (κ1) is 12.2. The fourth-order valence-corrected chi connectivity index (χ4v) is 3.01. The molecule has 2 nitrogen and oxygen atoms in total. The van der Waals surface area contributed by atoms with Gasteiger partial charge < -0.3 is 4.74 Å². The van der Waals surface area contributed by atoms with Crippen molar-refractivity contribution in [2.45, 2.75) is 12.8 Å². The van der Waals surface area contributed by atoms with Gasteiger partial charge in [0.15, 0.2) is 0 Å². The van der Waals surface area contributed by atoms with Crippen LogP contribution >= 0.6 is 0 Å². The highest BCUT2D eigenvalue weighted by molar-refractivity contribution is 5.81. The second-order valence-electron chi connectivity index (χ2n) is 5.19. The van der Waals surface area contributed by atoms with Crippen LogP contribution in [0.3, 0.4) is 0 Å². The van der Waals surface area contributed by atoms with Gasteiger partial charge in [0.2, 0.25) is 0 Å². The quantitative estimate of drug-likeness (QED) is 0.769. The summed E-state index contributed by atoms with van der Waals surface area (Å²) in [5.74, 6) is 1.88. The van der Waals surface area contributed by atoms with Gasteiger partial charge in [-0.1, -0.05) is 36.4 Å². The van der Waals surface area contributed by atoms with E-state index >= 15 is 0 Å². The maximum atomic E-state index is 6.14. The molecule has 2 aliphatic rings. The molecule has 0 fully saturated rings. The van der Waals surface area contributed by atoms with Crippen molar-refractivity contribution in [1.82, 2.24) is 0 Å². The van der Waals surface area contributed by atoms with Crippen LogP contribution in [0.4, 0.5) is 5.69 Å². The molecule has 0 atom stereocenters. The average Bonchev–Trinajstić information content (AvgIpc) is 2.54. The van der Waals surface area contributed by atoms with Crippen LogP contribution in [-0.2, 0) is 0 Å². The summed E-state index contributed by atoms with van der Waals surface area (Å²) < 4.78 is 6.14. The molecule has 0 N–H and O–H groups in total. The predicted molar refractivity (Wildman–Crippen MR) is 87.2 cm³/mol. The van der Waals surface area contributed by atoms with Crippen LogP contribution in [0, 0.1) is 0 Å². The summed E-state index contributed by atoms with van der Waals surface area (Å²) in [6.07, 6.45) is 7.64. The second kappa shape index (κ2) is 4.74. The van der Waals surface area contributed by atoms with E-state index in [1.54, 1.807) is 0 Å². The van der Waals surface area contributed by atoms with Crippen LogP contribution in [-0.4, -0.2) is 6.21 Å². The zero-order valence-electron chi connectivity index (χ0n) is 11.7. The molecule has 2 aromatic rings. The number of aliphatic imine (C=N–C) groups is 1. The number of rotatable bonds is 2. The van der Waals surface area contributed by atoms with Gasteiger partial charge in [0.1, 0.15) is 11.5 Å². The first-order valence-electron chi connectivity index (χ1n) is 7.15. The molecular formula is C19H15NO. The lowest BCUT2D eigenvalue weighted by Crippen LogP contribution is -2.34. The number of para-hydroxylation sites is 1. The summed E-state index contributed by atoms with van der Waals surface area (Å²) in [5.41, 5.74) is 3.39. The monoisotopic (exact) mass is 273 g/mol. The largest absolute Gasteiger partial charge is 0.460 e. The van der Waals surface area contributed by atoms with Crippen LogP contribution in [0.15, 0.2) is 54.0 Å². The molecule has 0 amide bonds. The molecule has 4 rings (SSSR count). The van der Waals surface area contributed by atoms with E-state index in [9.17, 15) is 0 Å². The van der Waals surface area contributed by atoms with Gasteiger partial charge >= 0.3 is 0 Å². The van der Waals surface area contributed by atoms with Gasteiger partial charge in [-0.05, 0) is 17.7 Å². The fraction of sp³-hybridized carbons (Fsp3) is 0.105. The van der Waals surface area contributed by atoms with Gasteiger partial charge in [0.25, 0.3) is 0 Å². The number of hydrogen-bond acceptors (Lipinski definition) is 2. The molecule has 2 aliphatic heterocycles. The van der Waals surface area contributed by atoms with Crippen molar-refractivity contribution in [1.29, 1.82) is 0 Å². The standard InChI is InChI=1S/C19H15NO/c1-2-6-18-19-14(13-7-3-4-9-17(13)21-18)10-11-16-15(19)8-5-12-20-16/h2-4,7-12H,1,5-6H2. The zero-order chi connectivity index (χ0) is 14.2. The van der Waals surface area contributed by atoms with Crippen molar-refractivity contribution in [3.05, 3.63) is 59.5 Å². The molecule has 0 saturated carbocycles. The van der Waals surface area contributed by atoms with E-state index in [0.717, 1.165) is 35.6 Å². The van der Waals surface area contributed by atoms with Crippen molar-refractivity contribution >= 4 is 23.7 Å². The zero-order valence-corrected chi connectivity index (χ0v) is 11.7. The van der Waals surface area contributed by atoms with Gasteiger partial charge in [-0.2, -0.15) is 0 Å². The van der Waals surface area contributed by atoms with E-state index in [1.807, 2.05) is 30.5 Å². The lowest BCUT2D eigenvalue weighted by molar-refractivity contribution is 0.492. The predicted octanol–water partition coefficient (Wildman–Crippen LogP) is 3.32. The maximum Gasteiger partial charge on any atom is 0.134 e. The summed E-state index contributed by atoms with van der Waals surface area (Å²) in [7, 11) is 0. The second-order valence-corrected chi connectivity index (χ2v) is 5.19. The molecule has 21 heavy (non-hydrogen) atoms. The third-order valence-corrected chi connectivity index (χ3v) is 3.90. The minimum atomic E-state index is 0.718. The van der Waals surface area contributed by atoms with Gasteiger partial charge in [0, 0.05) is 35.1 Å². The Morgan fingerprint density at radius 3 is 2.95 bits per heavy atom. The Morgan fingerprint density at radius 1 is 1.14 bits per heavy atom. The van der Waals surface area contributed by atoms with Crippen LogP contribution in [0.25, 0.3) is 23.0 Å². The Kier molecular flexibility index (Phi) is 2.74. The first-order chi connectivity index (χ1) is 10.4. The highest BCUT2D eigenvalue weighted by atomic mass is 16.5. The topological polar surface area (TPSA) is 21.6 Å². The summed E-state index contributed by atoms with van der Waals surface area (Å²) in [6.45, 7) is 3.86. The smallest absolute Gasteiger partial charge is 0.134 e. The number of hydrogen-bond donors (Lipinski definition) is 0. The molecular weight excluding hydrogens is 258 g/mol. The maximum absolute atomic E-state index is 6.14. The fourth-order valence-electron chi connectivity index (χ4n) is 3.01. The van der Waals surface area contributed by atoms with E-state index < -0.39 is 0 Å². The normalized spacial score (nSPS) is 14.4. The number of benzene rings is 2. The molecule has 0 aromatic heterocycles. The third-order valence-electron chi connectivity index (χ3n) is 3.90. The summed E-state index contributed by atoms with van der Waals surface area (Å²) in [4.78, 5) is 4.50. The van der Waals surface area contributed by atoms with Crippen molar-refractivity contribution in [2.75, 3.05) is 0 Å². The van der Waals surface area contributed by atoms with E-state index in [-0.39, 0.29) is 0 Å². The Morgan fingerprint density at radius 2 is 2.05 bits per heavy atom. The number of nitrogens with zero attached hydrogens (tertiary/aromatic N) is 1. The summed E-state index contributed by atoms with van der Waals surface area (Å²) in [6, 6.07) is 12.4. The van der Waals surface area contributed by atoms with Crippen molar-refractivity contribution < 1.29 is 4.74 Å². The Labute approximate surface area is 123 Å². The molecule has 2 heteroatoms. The van der Waals surface area contributed by atoms with Crippen molar-refractivity contribution in [3.63, 3.8) is 0 Å². The highest BCUT2D eigenvalue weighted by Gasteiger charge is 2.19. The molecule has 2 aromatic carbocycles. The molecule has 0 saturated heterocycles. The number of fused-ring (bicyclic) bond motifs is 5. The van der Waals surface area contributed by atoms with Gasteiger partial charge in [-0.25, -0.2) is 0 Å². The minimum absolute atomic E-state index is 0.718. The third kappa shape index (κ3) is 1.83. The molecule has 102 valence electrons. The van der Waals surface area contributed by atoms with E-state index in [1.165, 1.54) is 16.0 Å². The van der Waals surface area contributed by atoms with Crippen LogP contribution in [0.2, 0.25) is 0 Å². The van der Waals surface area contributed by atoms with E-state index in [2.05, 4.69) is 35.8 Å². The Hall–Kier alpha value is -2.61. The average molecular weight is 273 g/mol. The number of ether oxygens (including phenoxy) is 1. The van der Waals surface area contributed by atoms with Crippen LogP contribution in [0.1, 0.15) is 12.8 Å². The van der Waals surface area contributed by atoms with E-state index in [0.29, 0.717) is 0 Å². The lowest BCUT2D eigenvalue weighted by atomic mass is 9.95. The van der Waals surface area contributed by atoms with Crippen molar-refractivity contribution in [2.24, 2.45) is 4.99 Å². The molecule has 0 unspecified atom stereocenters. The van der Waals surface area contributed by atoms with Gasteiger partial charge in [0.05, 0.1) is 5.69 Å². The molecule has 0 radical (unpaired) electrons. The molecule has 2 heterocycles. The van der Waals surface area contributed by atoms with Crippen molar-refractivity contribution in [3.8, 4) is 16.9 Å². The summed E-state index contributed by atoms with van der Waals surface area (Å²) >= 11 is 0. The van der Waals surface area contributed by atoms with Crippen LogP contribution in [0.5, 0.6) is 5.75 Å². The molecule has 0 bridgehead atoms. The van der Waals surface area contributed by atoms with Gasteiger partial charge in [-0.15, -0.1) is 6.58 Å². The minimum Gasteiger partial charge on any atom is -0.460 e. The lowest BCUT2D eigenvalue weighted by Gasteiger charge is -2.21. The first-order valence-corrected chi connectivity index (χ1v) is 7.15. The SMILES string of the molecule is C=CCC1=c2c(ccc3c2=CCC=N3)-c2ccccc2O1. The van der Waals surface area contributed by atoms with Crippen LogP contribution < -0.4 is 15.2 Å². The van der Waals surface area contributed by atoms with Gasteiger partial charge in [-0.3, -0.25) is 4.99 Å². The Balaban J connectivity index is 2.15. The highest BCUT2D eigenvalue weighted by Crippen LogP contribution is 2.33. The molecule has 0 aliphatic carbocycles. The molecule has 0 spiro atoms.